The number of carbonyl (C=O) groups is 1. The molecule has 2 aromatic rings. The number of nitrogens with one attached hydrogen (secondary N) is 1. The Bertz CT molecular complexity index is 685. The number of nitro benzene ring substituents is 1. The number of non-ortho nitro benzene ring substituents is 1. The number of β-lactam (4-membered cyclic amide) rings is 1. The van der Waals surface area contributed by atoms with Crippen molar-refractivity contribution < 1.29 is 14.5 Å². The van der Waals surface area contributed by atoms with Gasteiger partial charge in [-0.3, -0.25) is 14.9 Å². The second kappa shape index (κ2) is 5.95. The number of benzene rings is 2. The minimum absolute atomic E-state index is 0.0242. The second-order valence-corrected chi connectivity index (χ2v) is 5.05. The Kier molecular flexibility index (Phi) is 3.84. The molecule has 6 heteroatoms. The van der Waals surface area contributed by atoms with Crippen LogP contribution in [0.5, 0.6) is 0 Å². The summed E-state index contributed by atoms with van der Waals surface area (Å²) in [7, 11) is 0. The lowest BCUT2D eigenvalue weighted by atomic mass is 9.93. The lowest BCUT2D eigenvalue weighted by Crippen LogP contribution is -2.57. The first-order valence-corrected chi connectivity index (χ1v) is 6.85. The van der Waals surface area contributed by atoms with Crippen LogP contribution in [0.2, 0.25) is 0 Å². The zero-order valence-electron chi connectivity index (χ0n) is 11.6. The molecule has 2 aromatic carbocycles. The molecule has 0 aliphatic carbocycles. The van der Waals surface area contributed by atoms with E-state index in [0.29, 0.717) is 6.61 Å². The van der Waals surface area contributed by atoms with Gasteiger partial charge in [-0.1, -0.05) is 42.5 Å². The predicted molar refractivity (Wildman–Crippen MR) is 79.0 cm³/mol. The molecule has 22 heavy (non-hydrogen) atoms. The molecule has 6 nitrogen and oxygen atoms in total. The van der Waals surface area contributed by atoms with Crippen molar-refractivity contribution in [1.82, 2.24) is 5.32 Å². The van der Waals surface area contributed by atoms with Crippen molar-refractivity contribution in [3.8, 4) is 0 Å². The van der Waals surface area contributed by atoms with E-state index in [0.717, 1.165) is 11.1 Å². The summed E-state index contributed by atoms with van der Waals surface area (Å²) in [6.45, 7) is 0.350. The number of nitrogens with zero attached hydrogens (tertiary/aromatic N) is 1. The number of ether oxygens (including phenoxy) is 1. The smallest absolute Gasteiger partial charge is 0.269 e. The van der Waals surface area contributed by atoms with E-state index in [-0.39, 0.29) is 17.6 Å². The van der Waals surface area contributed by atoms with Crippen molar-refractivity contribution in [1.29, 1.82) is 0 Å². The highest BCUT2D eigenvalue weighted by molar-refractivity contribution is 5.88. The molecule has 112 valence electrons. The van der Waals surface area contributed by atoms with E-state index < -0.39 is 11.0 Å². The molecule has 0 radical (unpaired) electrons. The summed E-state index contributed by atoms with van der Waals surface area (Å²) >= 11 is 0. The molecule has 1 saturated heterocycles. The molecule has 2 atom stereocenters. The van der Waals surface area contributed by atoms with Crippen molar-refractivity contribution in [2.24, 2.45) is 0 Å². The molecule has 0 spiro atoms. The van der Waals surface area contributed by atoms with E-state index >= 15 is 0 Å². The third-order valence-corrected chi connectivity index (χ3v) is 3.59. The highest BCUT2D eigenvalue weighted by atomic mass is 16.6. The van der Waals surface area contributed by atoms with Crippen LogP contribution in [-0.4, -0.2) is 16.9 Å². The average Bonchev–Trinajstić information content (AvgIpc) is 2.54. The number of rotatable bonds is 5. The number of nitro groups is 1. The first-order chi connectivity index (χ1) is 10.6. The molecule has 1 aliphatic rings. The van der Waals surface area contributed by atoms with E-state index in [9.17, 15) is 14.9 Å². The molecule has 0 aromatic heterocycles. The summed E-state index contributed by atoms with van der Waals surface area (Å²) < 4.78 is 5.68. The van der Waals surface area contributed by atoms with Gasteiger partial charge in [0, 0.05) is 12.1 Å². The summed E-state index contributed by atoms with van der Waals surface area (Å²) in [5, 5.41) is 13.4. The molecular weight excluding hydrogens is 284 g/mol. The third-order valence-electron chi connectivity index (χ3n) is 3.59. The largest absolute Gasteiger partial charge is 0.361 e. The molecule has 0 bridgehead atoms. The maximum Gasteiger partial charge on any atom is 0.269 e. The first-order valence-electron chi connectivity index (χ1n) is 6.85. The predicted octanol–water partition coefficient (Wildman–Crippen LogP) is 2.35. The molecule has 1 amide bonds. The van der Waals surface area contributed by atoms with Crippen molar-refractivity contribution >= 4 is 11.6 Å². The summed E-state index contributed by atoms with van der Waals surface area (Å²) in [5.41, 5.74) is 1.81. The lowest BCUT2D eigenvalue weighted by Gasteiger charge is -2.36. The molecule has 0 unspecified atom stereocenters. The lowest BCUT2D eigenvalue weighted by molar-refractivity contribution is -0.384. The van der Waals surface area contributed by atoms with Crippen LogP contribution >= 0.6 is 0 Å². The Labute approximate surface area is 126 Å². The van der Waals surface area contributed by atoms with E-state index in [2.05, 4.69) is 5.32 Å². The zero-order valence-corrected chi connectivity index (χ0v) is 11.6. The van der Waals surface area contributed by atoms with E-state index in [4.69, 9.17) is 4.74 Å². The number of hydrogen-bond acceptors (Lipinski definition) is 4. The van der Waals surface area contributed by atoms with Crippen LogP contribution in [0.1, 0.15) is 17.2 Å². The summed E-state index contributed by atoms with van der Waals surface area (Å²) in [6.07, 6.45) is -0.568. The SMILES string of the molecule is O=C1N[C@@H](c2ccc([N+](=O)[O-])cc2)[C@H]1OCc1ccccc1. The molecule has 1 fully saturated rings. The minimum Gasteiger partial charge on any atom is -0.361 e. The fourth-order valence-corrected chi connectivity index (χ4v) is 2.36. The van der Waals surface area contributed by atoms with Crippen LogP contribution in [0.4, 0.5) is 5.69 Å². The highest BCUT2D eigenvalue weighted by Gasteiger charge is 2.41. The maximum absolute atomic E-state index is 11.7. The second-order valence-electron chi connectivity index (χ2n) is 5.05. The van der Waals surface area contributed by atoms with Crippen LogP contribution < -0.4 is 5.32 Å². The van der Waals surface area contributed by atoms with Crippen LogP contribution in [0.15, 0.2) is 54.6 Å². The highest BCUT2D eigenvalue weighted by Crippen LogP contribution is 2.29. The minimum atomic E-state index is -0.568. The van der Waals surface area contributed by atoms with Crippen LogP contribution in [-0.2, 0) is 16.1 Å². The Morgan fingerprint density at radius 2 is 1.77 bits per heavy atom. The van der Waals surface area contributed by atoms with Crippen molar-refractivity contribution in [3.63, 3.8) is 0 Å². The number of hydrogen-bond donors (Lipinski definition) is 1. The first kappa shape index (κ1) is 14.2. The molecule has 1 aliphatic heterocycles. The fourth-order valence-electron chi connectivity index (χ4n) is 2.36. The van der Waals surface area contributed by atoms with Gasteiger partial charge in [-0.15, -0.1) is 0 Å². The molecule has 3 rings (SSSR count). The third kappa shape index (κ3) is 2.82. The van der Waals surface area contributed by atoms with Gasteiger partial charge < -0.3 is 10.1 Å². The maximum atomic E-state index is 11.7. The van der Waals surface area contributed by atoms with Gasteiger partial charge in [-0.2, -0.15) is 0 Å². The van der Waals surface area contributed by atoms with Crippen molar-refractivity contribution in [2.75, 3.05) is 0 Å². The zero-order chi connectivity index (χ0) is 15.5. The van der Waals surface area contributed by atoms with E-state index in [1.165, 1.54) is 12.1 Å². The van der Waals surface area contributed by atoms with Gasteiger partial charge in [-0.25, -0.2) is 0 Å². The standard InChI is InChI=1S/C16H14N2O4/c19-16-15(22-10-11-4-2-1-3-5-11)14(17-16)12-6-8-13(9-7-12)18(20)21/h1-9,14-15H,10H2,(H,17,19)/t14-,15+/m0/s1. The number of amides is 1. The quantitative estimate of drug-likeness (QED) is 0.522. The van der Waals surface area contributed by atoms with Gasteiger partial charge >= 0.3 is 0 Å². The number of carbonyl (C=O) groups excluding carboxylic acids is 1. The Morgan fingerprint density at radius 1 is 1.09 bits per heavy atom. The summed E-state index contributed by atoms with van der Waals surface area (Å²) in [4.78, 5) is 21.9. The van der Waals surface area contributed by atoms with Gasteiger partial charge in [0.1, 0.15) is 0 Å². The van der Waals surface area contributed by atoms with Crippen LogP contribution in [0, 0.1) is 10.1 Å². The topological polar surface area (TPSA) is 81.5 Å². The molecule has 1 N–H and O–H groups in total. The Morgan fingerprint density at radius 3 is 2.36 bits per heavy atom. The van der Waals surface area contributed by atoms with Gasteiger partial charge in [0.05, 0.1) is 17.6 Å². The molecule has 0 saturated carbocycles. The normalized spacial score (nSPS) is 20.1. The Hall–Kier alpha value is -2.73. The summed E-state index contributed by atoms with van der Waals surface area (Å²) in [6, 6.07) is 15.5. The van der Waals surface area contributed by atoms with Gasteiger partial charge in [0.15, 0.2) is 6.10 Å². The van der Waals surface area contributed by atoms with Crippen molar-refractivity contribution in [2.45, 2.75) is 18.8 Å². The molecular formula is C16H14N2O4. The van der Waals surface area contributed by atoms with Crippen LogP contribution in [0.25, 0.3) is 0 Å². The van der Waals surface area contributed by atoms with Gasteiger partial charge in [0.2, 0.25) is 0 Å². The van der Waals surface area contributed by atoms with Gasteiger partial charge in [0.25, 0.3) is 11.6 Å². The van der Waals surface area contributed by atoms with E-state index in [1.54, 1.807) is 12.1 Å². The summed E-state index contributed by atoms with van der Waals surface area (Å²) in [5.74, 6) is -0.167. The van der Waals surface area contributed by atoms with Gasteiger partial charge in [-0.05, 0) is 11.1 Å². The fraction of sp³-hybridized carbons (Fsp3) is 0.188. The Balaban J connectivity index is 1.66. The van der Waals surface area contributed by atoms with E-state index in [1.807, 2.05) is 30.3 Å². The van der Waals surface area contributed by atoms with Crippen molar-refractivity contribution in [3.05, 3.63) is 75.8 Å². The monoisotopic (exact) mass is 298 g/mol. The van der Waals surface area contributed by atoms with Crippen LogP contribution in [0.3, 0.4) is 0 Å². The molecule has 1 heterocycles. The average molecular weight is 298 g/mol.